The number of cyclic esters (lactones) is 2. The molecule has 0 bridgehead atoms. The first kappa shape index (κ1) is 72.6. The van der Waals surface area contributed by atoms with Crippen LogP contribution in [0.25, 0.3) is 0 Å². The number of rotatable bonds is 17. The van der Waals surface area contributed by atoms with Gasteiger partial charge >= 0.3 is 18.0 Å². The number of hydrogen-bond acceptors (Lipinski definition) is 10. The molecule has 12 nitrogen and oxygen atoms in total. The summed E-state index contributed by atoms with van der Waals surface area (Å²) in [5.74, 6) is -0.474. The molecule has 472 valence electrons. The van der Waals surface area contributed by atoms with E-state index < -0.39 is 69.4 Å². The lowest BCUT2D eigenvalue weighted by Crippen LogP contribution is -2.46. The maximum atomic E-state index is 14.9. The normalized spacial score (nSPS) is 21.4. The average Bonchev–Trinajstić information content (AvgIpc) is 2.26. The highest BCUT2D eigenvalue weighted by atomic mass is 28.4. The van der Waals surface area contributed by atoms with Crippen molar-refractivity contribution in [3.63, 3.8) is 0 Å². The lowest BCUT2D eigenvalue weighted by atomic mass is 9.93. The molecule has 0 aliphatic carbocycles. The largest absolute Gasteiger partial charge is 0.543 e. The van der Waals surface area contributed by atoms with Gasteiger partial charge in [0.15, 0.2) is 16.6 Å². The van der Waals surface area contributed by atoms with E-state index in [1.165, 1.54) is 18.5 Å². The van der Waals surface area contributed by atoms with Crippen LogP contribution in [0.3, 0.4) is 0 Å². The van der Waals surface area contributed by atoms with Crippen LogP contribution in [0.15, 0.2) is 110 Å². The van der Waals surface area contributed by atoms with E-state index in [1.54, 1.807) is 24.3 Å². The van der Waals surface area contributed by atoms with Gasteiger partial charge in [-0.3, -0.25) is 4.79 Å². The molecule has 16 heteroatoms. The Hall–Kier alpha value is -4.85. The molecule has 6 atom stereocenters. The second-order valence-corrected chi connectivity index (χ2v) is 48.6. The first-order chi connectivity index (χ1) is 39.1. The second kappa shape index (κ2) is 29.9. The third kappa shape index (κ3) is 20.6. The minimum atomic E-state index is -2.40. The third-order valence-electron chi connectivity index (χ3n) is 18.6. The lowest BCUT2D eigenvalue weighted by Gasteiger charge is -2.41. The number of ether oxygens (including phenoxy) is 2. The van der Waals surface area contributed by atoms with Crippen LogP contribution >= 0.6 is 0 Å². The van der Waals surface area contributed by atoms with Crippen LogP contribution in [0.1, 0.15) is 174 Å². The van der Waals surface area contributed by atoms with Gasteiger partial charge in [-0.2, -0.15) is 0 Å². The fourth-order valence-electron chi connectivity index (χ4n) is 8.80. The molecule has 0 fully saturated rings. The molecule has 0 saturated carbocycles. The minimum Gasteiger partial charge on any atom is -0.543 e. The molecular formula is C69H110N2O10Si4. The average molecular weight is 1240 g/mol. The van der Waals surface area contributed by atoms with Crippen molar-refractivity contribution >= 4 is 57.1 Å². The van der Waals surface area contributed by atoms with Crippen LogP contribution in [0.4, 0.5) is 4.79 Å². The molecule has 0 saturated heterocycles. The number of nitrogens with zero attached hydrogens (tertiary/aromatic N) is 1. The van der Waals surface area contributed by atoms with Crippen molar-refractivity contribution in [2.75, 3.05) is 0 Å². The Bertz CT molecular complexity index is 2780. The molecule has 4 rings (SSSR count). The molecule has 2 heterocycles. The van der Waals surface area contributed by atoms with Crippen LogP contribution < -0.4 is 14.2 Å². The Morgan fingerprint density at radius 3 is 1.55 bits per heavy atom. The molecule has 2 aromatic rings. The van der Waals surface area contributed by atoms with Crippen molar-refractivity contribution < 1.29 is 46.4 Å². The van der Waals surface area contributed by atoms with Gasteiger partial charge in [0.05, 0.1) is 12.2 Å². The first-order valence-electron chi connectivity index (χ1n) is 31.1. The number of benzene rings is 2. The number of carbonyl (C=O) groups excluding carboxylic acids is 4. The van der Waals surface area contributed by atoms with E-state index in [0.717, 1.165) is 28.9 Å². The van der Waals surface area contributed by atoms with Gasteiger partial charge in [-0.1, -0.05) is 183 Å². The summed E-state index contributed by atoms with van der Waals surface area (Å²) in [6, 6.07) is 10.8. The van der Waals surface area contributed by atoms with Gasteiger partial charge in [-0.05, 0) is 133 Å². The smallest absolute Gasteiger partial charge is 0.342 e. The number of hydrogen-bond donors (Lipinski definition) is 1. The van der Waals surface area contributed by atoms with Crippen molar-refractivity contribution in [1.29, 1.82) is 0 Å². The van der Waals surface area contributed by atoms with Gasteiger partial charge in [0.25, 0.3) is 22.5 Å². The minimum absolute atomic E-state index is 0.0152. The summed E-state index contributed by atoms with van der Waals surface area (Å²) >= 11 is 0. The van der Waals surface area contributed by atoms with Crippen LogP contribution in [0.2, 0.25) is 72.5 Å². The van der Waals surface area contributed by atoms with Crippen LogP contribution in [0.5, 0.6) is 11.5 Å². The predicted octanol–water partition coefficient (Wildman–Crippen LogP) is 18.5. The van der Waals surface area contributed by atoms with E-state index in [1.807, 2.05) is 49.4 Å². The summed E-state index contributed by atoms with van der Waals surface area (Å²) in [5, 5.41) is 2.43. The molecular weight excluding hydrogens is 1130 g/mol. The molecule has 0 radical (unpaired) electrons. The van der Waals surface area contributed by atoms with Crippen molar-refractivity contribution in [1.82, 2.24) is 10.2 Å². The Kier molecular flexibility index (Phi) is 25.5. The van der Waals surface area contributed by atoms with E-state index in [-0.39, 0.29) is 57.0 Å². The van der Waals surface area contributed by atoms with Gasteiger partial charge in [-0.15, -0.1) is 0 Å². The van der Waals surface area contributed by atoms with Gasteiger partial charge in [0.1, 0.15) is 34.8 Å². The Balaban J connectivity index is 1.76. The molecule has 2 aromatic carbocycles. The van der Waals surface area contributed by atoms with Gasteiger partial charge in [0.2, 0.25) is 0 Å². The zero-order valence-electron chi connectivity index (χ0n) is 56.5. The fourth-order valence-corrected chi connectivity index (χ4v) is 13.7. The number of allylic oxidation sites excluding steroid dienone is 6. The summed E-state index contributed by atoms with van der Waals surface area (Å²) in [4.78, 5) is 59.2. The number of nitrogens with one attached hydrogen (secondary N) is 1. The first-order valence-corrected chi connectivity index (χ1v) is 42.8. The van der Waals surface area contributed by atoms with Crippen LogP contribution in [-0.2, 0) is 36.0 Å². The van der Waals surface area contributed by atoms with Crippen molar-refractivity contribution in [3.8, 4) is 11.5 Å². The number of amides is 3. The zero-order valence-corrected chi connectivity index (χ0v) is 60.5. The topological polar surface area (TPSA) is 139 Å². The van der Waals surface area contributed by atoms with E-state index >= 15 is 0 Å². The summed E-state index contributed by atoms with van der Waals surface area (Å²) in [5.41, 5.74) is 2.44. The van der Waals surface area contributed by atoms with E-state index in [0.29, 0.717) is 48.3 Å². The molecule has 1 unspecified atom stereocenters. The Labute approximate surface area is 518 Å². The number of urea groups is 1. The van der Waals surface area contributed by atoms with Gasteiger partial charge in [-0.25, -0.2) is 19.3 Å². The van der Waals surface area contributed by atoms with Crippen molar-refractivity contribution in [2.45, 2.75) is 252 Å². The number of carbonyl (C=O) groups is 4. The standard InChI is InChI=1S/C69H110N2O10Si4/c1-24-25-26-27-45-60(72)71(47-34-42-55-49-58(80-84(20,21)68(10,11)12)50(2)35-28-29-37-52-39-31-43-56(61(52)63(73)77-55)78-82(16,17)66(4,5)6)65(75)70-46-33-41-54-48-59(81-85(22,23)69(13,14)15)51(3)36-30-38-53-40-32-44-57(62(53)64(74)76-54)79-83(18,19)67(7,8)9/h25-34,36,39-40,43-47,50-51,54-55,58-59H,24,35,37-38,41-42,48-49H2,1-23H3,(H,70,75)/t50-,51-,54-,55?,58+,59+/m0/s1. The maximum Gasteiger partial charge on any atom is 0.342 e. The third-order valence-corrected chi connectivity index (χ3v) is 36.3. The summed E-state index contributed by atoms with van der Waals surface area (Å²) in [7, 11) is -9.44. The number of fused-ring (bicyclic) bond motifs is 2. The quantitative estimate of drug-likeness (QED) is 0.0535. The zero-order chi connectivity index (χ0) is 64.1. The Morgan fingerprint density at radius 1 is 0.612 bits per heavy atom. The van der Waals surface area contributed by atoms with E-state index in [9.17, 15) is 19.2 Å². The highest BCUT2D eigenvalue weighted by molar-refractivity contribution is 6.75. The van der Waals surface area contributed by atoms with Crippen molar-refractivity contribution in [2.24, 2.45) is 11.8 Å². The SMILES string of the molecule is CCC=CC=CC(=O)N(C=CCC1C[C@@H](O[Si](C)(C)C(C)(C)C)[C@@H](C)CC=CCc2cccc(O[Si](C)(C)C(C)(C)C)c2C(=O)O1)C(=O)NC=CC[C@H]1C[C@@H](O[Si](C)(C)C(C)(C)C)[C@@H](C)C=CCc2cccc(O[Si](C)(C)C(C)(C)C)c2C(=O)O1. The molecule has 85 heavy (non-hydrogen) atoms. The maximum absolute atomic E-state index is 14.9. The monoisotopic (exact) mass is 1240 g/mol. The summed E-state index contributed by atoms with van der Waals surface area (Å²) < 4.78 is 41.3. The van der Waals surface area contributed by atoms with Crippen molar-refractivity contribution in [3.05, 3.63) is 132 Å². The number of esters is 2. The van der Waals surface area contributed by atoms with E-state index in [4.69, 9.17) is 27.2 Å². The summed E-state index contributed by atoms with van der Waals surface area (Å²) in [6.07, 6.45) is 23.5. The fraction of sp³-hybridized carbons (Fsp3) is 0.594. The molecule has 0 aromatic heterocycles. The highest BCUT2D eigenvalue weighted by Gasteiger charge is 2.45. The molecule has 1 N–H and O–H groups in total. The van der Waals surface area contributed by atoms with Gasteiger partial charge in [0, 0.05) is 44.2 Å². The predicted molar refractivity (Wildman–Crippen MR) is 360 cm³/mol. The molecule has 2 aliphatic rings. The lowest BCUT2D eigenvalue weighted by molar-refractivity contribution is -0.121. The van der Waals surface area contributed by atoms with Crippen LogP contribution in [-0.4, -0.2) is 86.5 Å². The summed E-state index contributed by atoms with van der Waals surface area (Å²) in [6.45, 7) is 50.3. The molecule has 3 amide bonds. The second-order valence-electron chi connectivity index (χ2n) is 29.7. The van der Waals surface area contributed by atoms with E-state index in [2.05, 4.69) is 179 Å². The Morgan fingerprint density at radius 2 is 1.07 bits per heavy atom. The highest BCUT2D eigenvalue weighted by Crippen LogP contribution is 2.44. The van der Waals surface area contributed by atoms with Gasteiger partial charge < -0.3 is 32.5 Å². The van der Waals surface area contributed by atoms with Crippen LogP contribution in [0, 0.1) is 11.8 Å². The molecule has 2 aliphatic heterocycles. The number of imide groups is 1. The molecule has 0 spiro atoms.